The van der Waals surface area contributed by atoms with Crippen LogP contribution in [0.25, 0.3) is 22.3 Å². The maximum absolute atomic E-state index is 14.0. The molecule has 0 spiro atoms. The third kappa shape index (κ3) is 7.45. The van der Waals surface area contributed by atoms with E-state index in [2.05, 4.69) is 0 Å². The Morgan fingerprint density at radius 1 is 0.660 bits per heavy atom. The Kier molecular flexibility index (Phi) is 11.3. The van der Waals surface area contributed by atoms with Gasteiger partial charge in [0.05, 0.1) is 19.8 Å². The van der Waals surface area contributed by atoms with Crippen LogP contribution in [0.4, 0.5) is 0 Å². The molecule has 292 valence electrons. The summed E-state index contributed by atoms with van der Waals surface area (Å²) in [6.45, 7) is -1.82. The summed E-state index contributed by atoms with van der Waals surface area (Å²) >= 11 is 0. The van der Waals surface area contributed by atoms with Crippen molar-refractivity contribution in [3.05, 3.63) is 40.6 Å². The molecule has 0 bridgehead atoms. The van der Waals surface area contributed by atoms with E-state index in [4.69, 9.17) is 32.8 Å². The first-order chi connectivity index (χ1) is 25.1. The van der Waals surface area contributed by atoms with E-state index in [1.54, 1.807) is 0 Å². The molecule has 0 amide bonds. The van der Waals surface area contributed by atoms with Crippen LogP contribution in [0.3, 0.4) is 0 Å². The lowest BCUT2D eigenvalue weighted by Gasteiger charge is -2.41. The highest BCUT2D eigenvalue weighted by atomic mass is 16.7. The maximum atomic E-state index is 14.0. The molecule has 21 nitrogen and oxygen atoms in total. The van der Waals surface area contributed by atoms with E-state index < -0.39 is 151 Å². The molecule has 0 radical (unpaired) electrons. The lowest BCUT2D eigenvalue weighted by Crippen LogP contribution is -2.61. The van der Waals surface area contributed by atoms with Gasteiger partial charge >= 0.3 is 0 Å². The SMILES string of the molecule is O=c1c(O[C@H]2O[C@@H](CO[C@H]3OC[C@H](O)[C@@H](O)[C@@H]3O)[C@H](O)[C@@H](O)[C@@H]2O)c(-c2ccc(O)c(O)c2)oc2cc(O[C@H]3O[C@@H](CO)[C@H](O)[C@@H](O)[C@@H]3O)cc(O)c12. The highest BCUT2D eigenvalue weighted by Gasteiger charge is 2.48. The molecule has 2 aromatic carbocycles. The molecule has 0 unspecified atom stereocenters. The van der Waals surface area contributed by atoms with Crippen molar-refractivity contribution in [2.75, 3.05) is 19.8 Å². The van der Waals surface area contributed by atoms with Gasteiger partial charge in [-0.3, -0.25) is 4.79 Å². The fourth-order valence-electron chi connectivity index (χ4n) is 5.97. The number of aliphatic hydroxyl groups excluding tert-OH is 10. The Labute approximate surface area is 296 Å². The van der Waals surface area contributed by atoms with Crippen molar-refractivity contribution in [3.8, 4) is 40.1 Å². The zero-order chi connectivity index (χ0) is 38.5. The lowest BCUT2D eigenvalue weighted by atomic mass is 9.99. The van der Waals surface area contributed by atoms with Crippen LogP contribution < -0.4 is 14.9 Å². The summed E-state index contributed by atoms with van der Waals surface area (Å²) in [5.41, 5.74) is -1.65. The van der Waals surface area contributed by atoms with E-state index >= 15 is 0 Å². The van der Waals surface area contributed by atoms with Crippen LogP contribution in [-0.4, -0.2) is 172 Å². The minimum absolute atomic E-state index is 0.121. The average Bonchev–Trinajstić information content (AvgIpc) is 3.13. The number of phenolic OH excluding ortho intramolecular Hbond substituents is 3. The quantitative estimate of drug-likeness (QED) is 0.0913. The third-order valence-corrected chi connectivity index (χ3v) is 9.03. The van der Waals surface area contributed by atoms with Gasteiger partial charge in [0, 0.05) is 17.7 Å². The predicted molar refractivity (Wildman–Crippen MR) is 168 cm³/mol. The molecular weight excluding hydrogens is 720 g/mol. The van der Waals surface area contributed by atoms with E-state index in [9.17, 15) is 71.2 Å². The highest BCUT2D eigenvalue weighted by molar-refractivity contribution is 5.88. The second-order valence-electron chi connectivity index (χ2n) is 12.6. The average molecular weight is 759 g/mol. The summed E-state index contributed by atoms with van der Waals surface area (Å²) in [5.74, 6) is -3.63. The van der Waals surface area contributed by atoms with E-state index in [0.717, 1.165) is 24.3 Å². The van der Waals surface area contributed by atoms with Crippen LogP contribution in [-0.2, 0) is 18.9 Å². The fraction of sp³-hybridized carbons (Fsp3) is 0.531. The number of ether oxygens (including phenoxy) is 6. The normalized spacial score (nSPS) is 36.3. The monoisotopic (exact) mass is 758 g/mol. The molecule has 1 aromatic heterocycles. The number of hydrogen-bond acceptors (Lipinski definition) is 21. The van der Waals surface area contributed by atoms with Crippen molar-refractivity contribution >= 4 is 11.0 Å². The molecule has 3 aliphatic rings. The zero-order valence-corrected chi connectivity index (χ0v) is 27.2. The first-order valence-electron chi connectivity index (χ1n) is 16.1. The Balaban J connectivity index is 1.34. The van der Waals surface area contributed by atoms with Gasteiger partial charge in [0.1, 0.15) is 89.6 Å². The smallest absolute Gasteiger partial charge is 0.239 e. The van der Waals surface area contributed by atoms with Crippen LogP contribution in [0.15, 0.2) is 39.5 Å². The van der Waals surface area contributed by atoms with E-state index in [-0.39, 0.29) is 11.3 Å². The predicted octanol–water partition coefficient (Wildman–Crippen LogP) is -4.60. The largest absolute Gasteiger partial charge is 0.507 e. The molecule has 0 saturated carbocycles. The molecule has 53 heavy (non-hydrogen) atoms. The number of fused-ring (bicyclic) bond motifs is 1. The van der Waals surface area contributed by atoms with Crippen LogP contribution >= 0.6 is 0 Å². The van der Waals surface area contributed by atoms with Crippen molar-refractivity contribution in [2.24, 2.45) is 0 Å². The zero-order valence-electron chi connectivity index (χ0n) is 27.2. The van der Waals surface area contributed by atoms with Gasteiger partial charge in [0.25, 0.3) is 0 Å². The molecule has 3 aliphatic heterocycles. The summed E-state index contributed by atoms with van der Waals surface area (Å²) < 4.78 is 38.8. The minimum Gasteiger partial charge on any atom is -0.507 e. The molecule has 3 aromatic rings. The standard InChI is InChI=1S/C32H38O21/c33-6-16-20(39)23(42)26(45)31(51-16)49-10-4-13(36)18-15(5-10)50-28(9-1-2-11(34)12(35)3-9)29(22(18)41)53-32-27(46)24(43)21(40)17(52-32)8-48-30-25(44)19(38)14(37)7-47-30/h1-5,14,16-17,19-21,23-27,30-40,42-46H,6-8H2/t14-,16-,17-,19+,20-,21-,23+,24+,25-,26-,27-,30+,31-,32+/m0/s1. The molecule has 6 rings (SSSR count). The maximum Gasteiger partial charge on any atom is 0.239 e. The number of phenols is 3. The Bertz CT molecular complexity index is 1820. The minimum atomic E-state index is -2.05. The number of rotatable bonds is 9. The lowest BCUT2D eigenvalue weighted by molar-refractivity contribution is -0.307. The van der Waals surface area contributed by atoms with Crippen molar-refractivity contribution in [1.82, 2.24) is 0 Å². The topological polar surface area (TPSA) is 349 Å². The van der Waals surface area contributed by atoms with Crippen molar-refractivity contribution in [3.63, 3.8) is 0 Å². The molecular formula is C32H38O21. The summed E-state index contributed by atoms with van der Waals surface area (Å²) in [5, 5.41) is 133. The van der Waals surface area contributed by atoms with Crippen LogP contribution in [0, 0.1) is 0 Å². The van der Waals surface area contributed by atoms with Gasteiger partial charge in [0.15, 0.2) is 23.5 Å². The van der Waals surface area contributed by atoms with Gasteiger partial charge < -0.3 is 99.2 Å². The van der Waals surface area contributed by atoms with Crippen molar-refractivity contribution in [1.29, 1.82) is 0 Å². The third-order valence-electron chi connectivity index (χ3n) is 9.03. The summed E-state index contributed by atoms with van der Waals surface area (Å²) in [7, 11) is 0. The number of hydrogen-bond donors (Lipinski definition) is 13. The van der Waals surface area contributed by atoms with Crippen LogP contribution in [0.5, 0.6) is 28.7 Å². The van der Waals surface area contributed by atoms with Gasteiger partial charge in [-0.2, -0.15) is 0 Å². The van der Waals surface area contributed by atoms with Crippen LogP contribution in [0.1, 0.15) is 0 Å². The van der Waals surface area contributed by atoms with Gasteiger partial charge in [-0.1, -0.05) is 0 Å². The molecule has 21 heteroatoms. The first kappa shape index (κ1) is 38.8. The van der Waals surface area contributed by atoms with Crippen LogP contribution in [0.2, 0.25) is 0 Å². The number of benzene rings is 2. The molecule has 3 fully saturated rings. The Hall–Kier alpha value is -3.91. The van der Waals surface area contributed by atoms with Gasteiger partial charge in [-0.05, 0) is 18.2 Å². The van der Waals surface area contributed by atoms with Gasteiger partial charge in [-0.25, -0.2) is 0 Å². The number of aromatic hydroxyl groups is 3. The highest BCUT2D eigenvalue weighted by Crippen LogP contribution is 2.40. The van der Waals surface area contributed by atoms with E-state index in [1.807, 2.05) is 0 Å². The molecule has 14 atom stereocenters. The van der Waals surface area contributed by atoms with Crippen molar-refractivity contribution < 1.29 is 99.2 Å². The second-order valence-corrected chi connectivity index (χ2v) is 12.6. The summed E-state index contributed by atoms with van der Waals surface area (Å²) in [4.78, 5) is 14.0. The molecule has 13 N–H and O–H groups in total. The van der Waals surface area contributed by atoms with Crippen molar-refractivity contribution in [2.45, 2.75) is 86.0 Å². The number of aliphatic hydroxyl groups is 10. The Morgan fingerprint density at radius 2 is 1.28 bits per heavy atom. The van der Waals surface area contributed by atoms with E-state index in [1.165, 1.54) is 6.07 Å². The van der Waals surface area contributed by atoms with Gasteiger partial charge in [0.2, 0.25) is 23.8 Å². The second kappa shape index (κ2) is 15.4. The van der Waals surface area contributed by atoms with E-state index in [0.29, 0.717) is 0 Å². The fourth-order valence-corrected chi connectivity index (χ4v) is 5.97. The molecule has 0 aliphatic carbocycles. The Morgan fingerprint density at radius 3 is 1.94 bits per heavy atom. The summed E-state index contributed by atoms with van der Waals surface area (Å²) in [6, 6.07) is 5.14. The summed E-state index contributed by atoms with van der Waals surface area (Å²) in [6.07, 6.45) is -24.0. The first-order valence-corrected chi connectivity index (χ1v) is 16.1. The van der Waals surface area contributed by atoms with Gasteiger partial charge in [-0.15, -0.1) is 0 Å². The molecule has 4 heterocycles. The molecule has 3 saturated heterocycles.